The van der Waals surface area contributed by atoms with Crippen molar-refractivity contribution in [3.8, 4) is 5.75 Å². The van der Waals surface area contributed by atoms with Gasteiger partial charge in [0, 0.05) is 19.6 Å². The van der Waals surface area contributed by atoms with Gasteiger partial charge in [-0.25, -0.2) is 0 Å². The van der Waals surface area contributed by atoms with Gasteiger partial charge in [-0.05, 0) is 42.7 Å². The van der Waals surface area contributed by atoms with Crippen LogP contribution in [0.5, 0.6) is 5.75 Å². The first-order valence-electron chi connectivity index (χ1n) is 9.03. The third-order valence-corrected chi connectivity index (χ3v) is 5.11. The highest BCUT2D eigenvalue weighted by molar-refractivity contribution is 6.33. The first-order chi connectivity index (χ1) is 13.1. The number of amides is 2. The fraction of sp³-hybridized carbons (Fsp3) is 0.333. The number of halogens is 1. The maximum absolute atomic E-state index is 12.7. The average molecular weight is 387 g/mol. The summed E-state index contributed by atoms with van der Waals surface area (Å²) in [6, 6.07) is 14.6. The molecule has 0 unspecified atom stereocenters. The molecule has 1 heterocycles. The summed E-state index contributed by atoms with van der Waals surface area (Å²) >= 11 is 6.14. The molecule has 0 aromatic heterocycles. The summed E-state index contributed by atoms with van der Waals surface area (Å²) in [6.07, 6.45) is 1.57. The fourth-order valence-electron chi connectivity index (χ4n) is 3.30. The number of hydrogen-bond donors (Lipinski definition) is 1. The standard InChI is InChI=1S/C21H23ClN2O3/c1-27-17-8-4-6-15(12-17)13-23-20(25)16-7-5-11-24(14-16)21(26)18-9-2-3-10-19(18)22/h2-4,6,8-10,12,16H,5,7,11,13-14H2,1H3,(H,23,25)/t16-/m0/s1. The second-order valence-corrected chi connectivity index (χ2v) is 7.05. The molecule has 0 aliphatic carbocycles. The maximum Gasteiger partial charge on any atom is 0.255 e. The van der Waals surface area contributed by atoms with Crippen LogP contribution in [-0.2, 0) is 11.3 Å². The largest absolute Gasteiger partial charge is 0.497 e. The quantitative estimate of drug-likeness (QED) is 0.855. The molecule has 6 heteroatoms. The summed E-state index contributed by atoms with van der Waals surface area (Å²) in [7, 11) is 1.62. The Balaban J connectivity index is 1.59. The molecule has 1 N–H and O–H groups in total. The number of methoxy groups -OCH3 is 1. The van der Waals surface area contributed by atoms with Crippen LogP contribution in [-0.4, -0.2) is 36.9 Å². The predicted octanol–water partition coefficient (Wildman–Crippen LogP) is 3.52. The highest BCUT2D eigenvalue weighted by Crippen LogP contribution is 2.22. The molecule has 0 saturated carbocycles. The first-order valence-corrected chi connectivity index (χ1v) is 9.40. The van der Waals surface area contributed by atoms with Crippen molar-refractivity contribution in [2.45, 2.75) is 19.4 Å². The molecule has 0 spiro atoms. The van der Waals surface area contributed by atoms with Gasteiger partial charge in [0.15, 0.2) is 0 Å². The van der Waals surface area contributed by atoms with E-state index in [1.54, 1.807) is 36.3 Å². The molecule has 1 aliphatic heterocycles. The van der Waals surface area contributed by atoms with Gasteiger partial charge in [-0.3, -0.25) is 9.59 Å². The van der Waals surface area contributed by atoms with E-state index in [2.05, 4.69) is 5.32 Å². The van der Waals surface area contributed by atoms with E-state index in [1.165, 1.54) is 0 Å². The number of likely N-dealkylation sites (tertiary alicyclic amines) is 1. The zero-order valence-corrected chi connectivity index (χ0v) is 16.0. The maximum atomic E-state index is 12.7. The number of hydrogen-bond acceptors (Lipinski definition) is 3. The third-order valence-electron chi connectivity index (χ3n) is 4.78. The van der Waals surface area contributed by atoms with Crippen molar-refractivity contribution < 1.29 is 14.3 Å². The monoisotopic (exact) mass is 386 g/mol. The van der Waals surface area contributed by atoms with E-state index < -0.39 is 0 Å². The molecule has 2 amide bonds. The molecule has 1 aliphatic rings. The van der Waals surface area contributed by atoms with Crippen LogP contribution in [0.2, 0.25) is 5.02 Å². The SMILES string of the molecule is COc1cccc(CNC(=O)[C@H]2CCCN(C(=O)c3ccccc3Cl)C2)c1. The zero-order chi connectivity index (χ0) is 19.2. The summed E-state index contributed by atoms with van der Waals surface area (Å²) in [6.45, 7) is 1.49. The van der Waals surface area contributed by atoms with Crippen LogP contribution in [0.25, 0.3) is 0 Å². The Hall–Kier alpha value is -2.53. The Morgan fingerprint density at radius 1 is 1.22 bits per heavy atom. The number of benzene rings is 2. The highest BCUT2D eigenvalue weighted by Gasteiger charge is 2.29. The molecule has 1 saturated heterocycles. The van der Waals surface area contributed by atoms with Crippen LogP contribution < -0.4 is 10.1 Å². The molecular formula is C21H23ClN2O3. The lowest BCUT2D eigenvalue weighted by Gasteiger charge is -2.32. The second kappa shape index (κ2) is 8.91. The van der Waals surface area contributed by atoms with Crippen molar-refractivity contribution in [1.29, 1.82) is 0 Å². The van der Waals surface area contributed by atoms with Crippen molar-refractivity contribution in [1.82, 2.24) is 10.2 Å². The first kappa shape index (κ1) is 19.2. The van der Waals surface area contributed by atoms with Gasteiger partial charge in [0.1, 0.15) is 5.75 Å². The highest BCUT2D eigenvalue weighted by atomic mass is 35.5. The molecular weight excluding hydrogens is 364 g/mol. The summed E-state index contributed by atoms with van der Waals surface area (Å²) in [4.78, 5) is 27.0. The van der Waals surface area contributed by atoms with Gasteiger partial charge < -0.3 is 15.0 Å². The summed E-state index contributed by atoms with van der Waals surface area (Å²) in [5, 5.41) is 3.41. The molecule has 0 radical (unpaired) electrons. The molecule has 3 rings (SSSR count). The molecule has 5 nitrogen and oxygen atoms in total. The Bertz CT molecular complexity index is 825. The number of nitrogens with zero attached hydrogens (tertiary/aromatic N) is 1. The topological polar surface area (TPSA) is 58.6 Å². The summed E-state index contributed by atoms with van der Waals surface area (Å²) in [5.41, 5.74) is 1.46. The molecule has 2 aromatic carbocycles. The van der Waals surface area contributed by atoms with Gasteiger partial charge >= 0.3 is 0 Å². The van der Waals surface area contributed by atoms with Gasteiger partial charge in [-0.1, -0.05) is 35.9 Å². The van der Waals surface area contributed by atoms with E-state index >= 15 is 0 Å². The number of carbonyl (C=O) groups excluding carboxylic acids is 2. The Morgan fingerprint density at radius 2 is 2.04 bits per heavy atom. The van der Waals surface area contributed by atoms with Crippen molar-refractivity contribution in [3.63, 3.8) is 0 Å². The van der Waals surface area contributed by atoms with Crippen molar-refractivity contribution in [2.24, 2.45) is 5.92 Å². The normalized spacial score (nSPS) is 16.7. The number of ether oxygens (including phenoxy) is 1. The van der Waals surface area contributed by atoms with Crippen molar-refractivity contribution >= 4 is 23.4 Å². The Morgan fingerprint density at radius 3 is 2.81 bits per heavy atom. The summed E-state index contributed by atoms with van der Waals surface area (Å²) < 4.78 is 5.20. The molecule has 1 atom stereocenters. The third kappa shape index (κ3) is 4.80. The summed E-state index contributed by atoms with van der Waals surface area (Å²) in [5.74, 6) is 0.395. The van der Waals surface area contributed by atoms with Crippen molar-refractivity contribution in [3.05, 3.63) is 64.7 Å². The van der Waals surface area contributed by atoms with E-state index in [4.69, 9.17) is 16.3 Å². The van der Waals surface area contributed by atoms with E-state index in [0.29, 0.717) is 30.2 Å². The predicted molar refractivity (Wildman–Crippen MR) is 105 cm³/mol. The Kier molecular flexibility index (Phi) is 6.35. The second-order valence-electron chi connectivity index (χ2n) is 6.64. The smallest absolute Gasteiger partial charge is 0.255 e. The van der Waals surface area contributed by atoms with E-state index in [1.807, 2.05) is 24.3 Å². The van der Waals surface area contributed by atoms with Gasteiger partial charge in [0.2, 0.25) is 5.91 Å². The Labute approximate surface area is 164 Å². The van der Waals surface area contributed by atoms with Crippen LogP contribution in [0.3, 0.4) is 0 Å². The molecule has 2 aromatic rings. The van der Waals surface area contributed by atoms with Crippen molar-refractivity contribution in [2.75, 3.05) is 20.2 Å². The minimum atomic E-state index is -0.212. The van der Waals surface area contributed by atoms with Crippen LogP contribution in [0, 0.1) is 5.92 Å². The number of nitrogens with one attached hydrogen (secondary N) is 1. The molecule has 0 bridgehead atoms. The van der Waals surface area contributed by atoms with Gasteiger partial charge in [-0.15, -0.1) is 0 Å². The number of carbonyl (C=O) groups is 2. The lowest BCUT2D eigenvalue weighted by atomic mass is 9.96. The van der Waals surface area contributed by atoms with Gasteiger partial charge in [-0.2, -0.15) is 0 Å². The van der Waals surface area contributed by atoms with Gasteiger partial charge in [0.05, 0.1) is 23.6 Å². The van der Waals surface area contributed by atoms with Gasteiger partial charge in [0.25, 0.3) is 5.91 Å². The van der Waals surface area contributed by atoms with Crippen LogP contribution in [0.1, 0.15) is 28.8 Å². The van der Waals surface area contributed by atoms with E-state index in [0.717, 1.165) is 24.2 Å². The lowest BCUT2D eigenvalue weighted by Crippen LogP contribution is -2.45. The molecule has 142 valence electrons. The number of piperidine rings is 1. The molecule has 27 heavy (non-hydrogen) atoms. The fourth-order valence-corrected chi connectivity index (χ4v) is 3.51. The van der Waals surface area contributed by atoms with E-state index in [9.17, 15) is 9.59 Å². The zero-order valence-electron chi connectivity index (χ0n) is 15.3. The average Bonchev–Trinajstić information content (AvgIpc) is 2.72. The minimum Gasteiger partial charge on any atom is -0.497 e. The number of rotatable bonds is 5. The van der Waals surface area contributed by atoms with Crippen LogP contribution in [0.15, 0.2) is 48.5 Å². The van der Waals surface area contributed by atoms with E-state index in [-0.39, 0.29) is 17.7 Å². The lowest BCUT2D eigenvalue weighted by molar-refractivity contribution is -0.126. The van der Waals surface area contributed by atoms with Crippen LogP contribution in [0.4, 0.5) is 0 Å². The molecule has 1 fully saturated rings. The minimum absolute atomic E-state index is 0.0329. The van der Waals surface area contributed by atoms with Crippen LogP contribution >= 0.6 is 11.6 Å².